The third kappa shape index (κ3) is 3.06. The lowest BCUT2D eigenvalue weighted by atomic mass is 9.85. The van der Waals surface area contributed by atoms with Crippen molar-refractivity contribution >= 4 is 23.3 Å². The van der Waals surface area contributed by atoms with Crippen LogP contribution < -0.4 is 4.90 Å². The van der Waals surface area contributed by atoms with Crippen LogP contribution in [0.3, 0.4) is 0 Å². The fourth-order valence-corrected chi connectivity index (χ4v) is 5.38. The number of imide groups is 1. The minimum atomic E-state index is -4.62. The number of carbonyl (C=O) groups excluding carboxylic acids is 3. The zero-order chi connectivity index (χ0) is 22.8. The van der Waals surface area contributed by atoms with Gasteiger partial charge in [-0.25, -0.2) is 9.29 Å². The van der Waals surface area contributed by atoms with E-state index in [-0.39, 0.29) is 17.3 Å². The van der Waals surface area contributed by atoms with E-state index in [0.717, 1.165) is 41.7 Å². The van der Waals surface area contributed by atoms with Crippen molar-refractivity contribution in [3.8, 4) is 0 Å². The molecule has 5 rings (SSSR count). The van der Waals surface area contributed by atoms with E-state index in [2.05, 4.69) is 0 Å². The molecule has 3 aliphatic rings. The molecule has 2 aromatic carbocycles. The summed E-state index contributed by atoms with van der Waals surface area (Å²) in [6, 6.07) is 7.81. The SMILES string of the molecule is O=C(c1ccc(F)cc1)[C@@H]1[C@H]2C(=O)N(c3cccc(C(F)(F)F)c3)C(=O)[C@@H]2[C@H]2CCCN21. The van der Waals surface area contributed by atoms with Gasteiger partial charge in [-0.3, -0.25) is 19.3 Å². The van der Waals surface area contributed by atoms with Crippen LogP contribution in [0.15, 0.2) is 48.5 Å². The Labute approximate surface area is 180 Å². The first kappa shape index (κ1) is 20.8. The summed E-state index contributed by atoms with van der Waals surface area (Å²) in [7, 11) is 0. The van der Waals surface area contributed by atoms with Gasteiger partial charge in [0.1, 0.15) is 5.82 Å². The Bertz CT molecular complexity index is 1110. The highest BCUT2D eigenvalue weighted by Crippen LogP contribution is 2.48. The van der Waals surface area contributed by atoms with Crippen molar-refractivity contribution in [1.82, 2.24) is 4.90 Å². The Morgan fingerprint density at radius 1 is 0.969 bits per heavy atom. The molecule has 3 aliphatic heterocycles. The fourth-order valence-electron chi connectivity index (χ4n) is 5.38. The summed E-state index contributed by atoms with van der Waals surface area (Å²) in [5, 5.41) is 0. The van der Waals surface area contributed by atoms with Crippen molar-refractivity contribution in [3.05, 3.63) is 65.5 Å². The molecular weight excluding hydrogens is 428 g/mol. The first-order valence-corrected chi connectivity index (χ1v) is 10.3. The van der Waals surface area contributed by atoms with Crippen molar-refractivity contribution in [3.63, 3.8) is 0 Å². The van der Waals surface area contributed by atoms with E-state index in [0.29, 0.717) is 13.0 Å². The molecule has 2 aromatic rings. The number of ketones is 1. The van der Waals surface area contributed by atoms with E-state index < -0.39 is 53.0 Å². The molecule has 0 aromatic heterocycles. The molecule has 0 saturated carbocycles. The highest BCUT2D eigenvalue weighted by molar-refractivity contribution is 6.24. The van der Waals surface area contributed by atoms with Gasteiger partial charge < -0.3 is 0 Å². The van der Waals surface area contributed by atoms with E-state index in [1.807, 2.05) is 4.90 Å². The molecule has 4 atom stereocenters. The summed E-state index contributed by atoms with van der Waals surface area (Å²) in [6.45, 7) is 0.541. The zero-order valence-corrected chi connectivity index (χ0v) is 16.7. The van der Waals surface area contributed by atoms with Crippen molar-refractivity contribution < 1.29 is 31.9 Å². The van der Waals surface area contributed by atoms with Crippen molar-refractivity contribution in [2.75, 3.05) is 11.4 Å². The molecular formula is C23H18F4N2O3. The summed E-state index contributed by atoms with van der Waals surface area (Å²) in [5.41, 5.74) is -0.892. The standard InChI is InChI=1S/C23H18F4N2O3/c24-14-8-6-12(7-9-14)20(30)19-18-17(16-5-2-10-28(16)19)21(31)29(22(18)32)15-4-1-3-13(11-15)23(25,26)27/h1,3-4,6-9,11,16-19H,2,5,10H2/t16-,17-,18+,19+/m1/s1. The lowest BCUT2D eigenvalue weighted by Gasteiger charge is -2.27. The Balaban J connectivity index is 1.54. The average Bonchev–Trinajstić information content (AvgIpc) is 3.39. The Morgan fingerprint density at radius 3 is 2.34 bits per heavy atom. The maximum absolute atomic E-state index is 13.4. The predicted octanol–water partition coefficient (Wildman–Crippen LogP) is 3.68. The number of Topliss-reactive ketones (excluding diaryl/α,β-unsaturated/α-hetero) is 1. The second-order valence-electron chi connectivity index (χ2n) is 8.37. The molecule has 0 aliphatic carbocycles. The average molecular weight is 446 g/mol. The van der Waals surface area contributed by atoms with Gasteiger partial charge in [-0.05, 0) is 61.9 Å². The number of anilines is 1. The highest BCUT2D eigenvalue weighted by Gasteiger charge is 2.64. The number of benzene rings is 2. The maximum atomic E-state index is 13.4. The lowest BCUT2D eigenvalue weighted by Crippen LogP contribution is -2.46. The topological polar surface area (TPSA) is 57.7 Å². The van der Waals surface area contributed by atoms with Gasteiger partial charge in [0.05, 0.1) is 29.1 Å². The normalized spacial score (nSPS) is 27.7. The number of hydrogen-bond acceptors (Lipinski definition) is 4. The quantitative estimate of drug-likeness (QED) is 0.410. The van der Waals surface area contributed by atoms with E-state index in [1.54, 1.807) is 0 Å². The van der Waals surface area contributed by atoms with Gasteiger partial charge in [0.25, 0.3) is 0 Å². The number of alkyl halides is 3. The number of hydrogen-bond donors (Lipinski definition) is 0. The van der Waals surface area contributed by atoms with E-state index >= 15 is 0 Å². The number of halogens is 4. The summed E-state index contributed by atoms with van der Waals surface area (Å²) >= 11 is 0. The molecule has 0 radical (unpaired) electrons. The fraction of sp³-hybridized carbons (Fsp3) is 0.348. The zero-order valence-electron chi connectivity index (χ0n) is 16.7. The Hall–Kier alpha value is -3.07. The summed E-state index contributed by atoms with van der Waals surface area (Å²) in [4.78, 5) is 42.7. The number of rotatable bonds is 3. The molecule has 0 unspecified atom stereocenters. The third-order valence-corrected chi connectivity index (χ3v) is 6.68. The summed E-state index contributed by atoms with van der Waals surface area (Å²) in [5.74, 6) is -3.93. The van der Waals surface area contributed by atoms with Gasteiger partial charge in [-0.1, -0.05) is 6.07 Å². The molecule has 3 heterocycles. The van der Waals surface area contributed by atoms with Gasteiger partial charge >= 0.3 is 6.18 Å². The van der Waals surface area contributed by atoms with Crippen LogP contribution in [0, 0.1) is 17.7 Å². The van der Waals surface area contributed by atoms with E-state index in [1.165, 1.54) is 18.2 Å². The molecule has 9 heteroatoms. The van der Waals surface area contributed by atoms with Crippen LogP contribution in [0.2, 0.25) is 0 Å². The van der Waals surface area contributed by atoms with Gasteiger partial charge in [0.2, 0.25) is 11.8 Å². The first-order valence-electron chi connectivity index (χ1n) is 10.3. The van der Waals surface area contributed by atoms with E-state index in [4.69, 9.17) is 0 Å². The maximum Gasteiger partial charge on any atom is 0.416 e. The summed E-state index contributed by atoms with van der Waals surface area (Å²) in [6.07, 6.45) is -3.27. The van der Waals surface area contributed by atoms with Gasteiger partial charge in [-0.15, -0.1) is 0 Å². The minimum absolute atomic E-state index is 0.151. The van der Waals surface area contributed by atoms with Crippen LogP contribution >= 0.6 is 0 Å². The predicted molar refractivity (Wildman–Crippen MR) is 105 cm³/mol. The van der Waals surface area contributed by atoms with Crippen molar-refractivity contribution in [1.29, 1.82) is 0 Å². The van der Waals surface area contributed by atoms with Crippen LogP contribution in [0.25, 0.3) is 0 Å². The van der Waals surface area contributed by atoms with E-state index in [9.17, 15) is 31.9 Å². The van der Waals surface area contributed by atoms with Crippen molar-refractivity contribution in [2.45, 2.75) is 31.1 Å². The lowest BCUT2D eigenvalue weighted by molar-refractivity contribution is -0.137. The highest BCUT2D eigenvalue weighted by atomic mass is 19.4. The smallest absolute Gasteiger partial charge is 0.292 e. The molecule has 0 bridgehead atoms. The molecule has 2 amide bonds. The third-order valence-electron chi connectivity index (χ3n) is 6.68. The molecule has 3 saturated heterocycles. The molecule has 0 N–H and O–H groups in total. The molecule has 5 nitrogen and oxygen atoms in total. The van der Waals surface area contributed by atoms with Gasteiger partial charge in [0.15, 0.2) is 5.78 Å². The molecule has 0 spiro atoms. The number of amides is 2. The second kappa shape index (κ2) is 7.23. The monoisotopic (exact) mass is 446 g/mol. The number of carbonyl (C=O) groups is 3. The summed E-state index contributed by atoms with van der Waals surface area (Å²) < 4.78 is 52.8. The number of fused-ring (bicyclic) bond motifs is 3. The van der Waals surface area contributed by atoms with Gasteiger partial charge in [-0.2, -0.15) is 13.2 Å². The Kier molecular flexibility index (Phi) is 4.70. The Morgan fingerprint density at radius 2 is 1.66 bits per heavy atom. The minimum Gasteiger partial charge on any atom is -0.292 e. The van der Waals surface area contributed by atoms with Gasteiger partial charge in [0, 0.05) is 11.6 Å². The number of nitrogens with zero attached hydrogens (tertiary/aromatic N) is 2. The van der Waals surface area contributed by atoms with Crippen molar-refractivity contribution in [2.24, 2.45) is 11.8 Å². The van der Waals surface area contributed by atoms with Crippen LogP contribution in [-0.4, -0.2) is 41.1 Å². The largest absolute Gasteiger partial charge is 0.416 e. The second-order valence-corrected chi connectivity index (χ2v) is 8.37. The van der Waals surface area contributed by atoms with Crippen LogP contribution in [-0.2, 0) is 15.8 Å². The molecule has 32 heavy (non-hydrogen) atoms. The first-order chi connectivity index (χ1) is 15.2. The molecule has 166 valence electrons. The van der Waals surface area contributed by atoms with Crippen LogP contribution in [0.1, 0.15) is 28.8 Å². The van der Waals surface area contributed by atoms with Crippen LogP contribution in [0.5, 0.6) is 0 Å². The van der Waals surface area contributed by atoms with Crippen LogP contribution in [0.4, 0.5) is 23.2 Å². The molecule has 3 fully saturated rings.